The van der Waals surface area contributed by atoms with E-state index in [4.69, 9.17) is 4.74 Å². The lowest BCUT2D eigenvalue weighted by molar-refractivity contribution is 0.0751. The summed E-state index contributed by atoms with van der Waals surface area (Å²) in [5, 5.41) is 3.26. The molecule has 1 aliphatic heterocycles. The largest absolute Gasteiger partial charge is 0.448 e. The highest BCUT2D eigenvalue weighted by Gasteiger charge is 2.32. The van der Waals surface area contributed by atoms with E-state index in [0.717, 1.165) is 6.20 Å². The van der Waals surface area contributed by atoms with Crippen molar-refractivity contribution >= 4 is 6.09 Å². The van der Waals surface area contributed by atoms with Crippen LogP contribution in [0.2, 0.25) is 0 Å². The van der Waals surface area contributed by atoms with Crippen molar-refractivity contribution in [3.8, 4) is 11.1 Å². The first kappa shape index (κ1) is 18.8. The molecule has 2 heterocycles. The summed E-state index contributed by atoms with van der Waals surface area (Å²) < 4.78 is 19.5. The summed E-state index contributed by atoms with van der Waals surface area (Å²) in [6, 6.07) is 17.6. The van der Waals surface area contributed by atoms with Gasteiger partial charge in [-0.15, -0.1) is 0 Å². The van der Waals surface area contributed by atoms with E-state index in [1.54, 1.807) is 11.1 Å². The maximum absolute atomic E-state index is 13.7. The first-order valence-corrected chi connectivity index (χ1v) is 10.1. The molecule has 1 atom stereocenters. The van der Waals surface area contributed by atoms with Crippen LogP contribution >= 0.6 is 0 Å². The molecule has 1 saturated heterocycles. The van der Waals surface area contributed by atoms with E-state index < -0.39 is 5.82 Å². The van der Waals surface area contributed by atoms with E-state index in [0.29, 0.717) is 25.2 Å². The van der Waals surface area contributed by atoms with Crippen molar-refractivity contribution < 1.29 is 13.9 Å². The molecule has 2 aliphatic rings. The van der Waals surface area contributed by atoms with Crippen LogP contribution in [0.5, 0.6) is 0 Å². The smallest absolute Gasteiger partial charge is 0.410 e. The minimum Gasteiger partial charge on any atom is -0.448 e. The Kier molecular flexibility index (Phi) is 4.93. The Bertz CT molecular complexity index is 1040. The molecule has 152 valence electrons. The van der Waals surface area contributed by atoms with Gasteiger partial charge in [0.1, 0.15) is 12.4 Å². The Morgan fingerprint density at radius 2 is 1.80 bits per heavy atom. The number of hydrogen-bond acceptors (Lipinski definition) is 4. The molecule has 5 nitrogen and oxygen atoms in total. The number of ether oxygens (including phenoxy) is 1. The standard InChI is InChI=1S/C24H22FN3O2/c25-17-11-16(12-27-13-17)23-14-26-9-10-28(23)24(29)30-15-22-20-7-3-1-5-18(20)19-6-2-4-8-21(19)22/h1-8,11-13,22-23,26H,9-10,14-15H2. The van der Waals surface area contributed by atoms with Crippen molar-refractivity contribution in [2.75, 3.05) is 26.2 Å². The number of piperazine rings is 1. The van der Waals surface area contributed by atoms with E-state index in [-0.39, 0.29) is 24.7 Å². The number of carbonyl (C=O) groups excluding carboxylic acids is 1. The molecule has 6 heteroatoms. The summed E-state index contributed by atoms with van der Waals surface area (Å²) in [5.74, 6) is -0.399. The summed E-state index contributed by atoms with van der Waals surface area (Å²) in [5.41, 5.74) is 5.41. The third kappa shape index (κ3) is 3.33. The fraction of sp³-hybridized carbons (Fsp3) is 0.250. The average molecular weight is 403 g/mol. The number of amides is 1. The fourth-order valence-corrected chi connectivity index (χ4v) is 4.51. The van der Waals surface area contributed by atoms with Crippen LogP contribution in [-0.4, -0.2) is 42.2 Å². The zero-order valence-electron chi connectivity index (χ0n) is 16.4. The van der Waals surface area contributed by atoms with E-state index in [1.165, 1.54) is 28.3 Å². The monoisotopic (exact) mass is 403 g/mol. The molecular weight excluding hydrogens is 381 g/mol. The van der Waals surface area contributed by atoms with Crippen LogP contribution in [0.15, 0.2) is 67.0 Å². The molecule has 0 saturated carbocycles. The van der Waals surface area contributed by atoms with Crippen molar-refractivity contribution in [3.63, 3.8) is 0 Å². The molecule has 5 rings (SSSR count). The molecular formula is C24H22FN3O2. The third-order valence-corrected chi connectivity index (χ3v) is 5.92. The molecule has 1 fully saturated rings. The van der Waals surface area contributed by atoms with Gasteiger partial charge in [0.25, 0.3) is 0 Å². The van der Waals surface area contributed by atoms with Crippen molar-refractivity contribution in [2.45, 2.75) is 12.0 Å². The van der Waals surface area contributed by atoms with Gasteiger partial charge in [-0.1, -0.05) is 48.5 Å². The lowest BCUT2D eigenvalue weighted by atomic mass is 9.98. The molecule has 1 amide bonds. The minimum absolute atomic E-state index is 0.0125. The van der Waals surface area contributed by atoms with Crippen molar-refractivity contribution in [1.82, 2.24) is 15.2 Å². The molecule has 3 aromatic rings. The zero-order valence-corrected chi connectivity index (χ0v) is 16.4. The topological polar surface area (TPSA) is 54.5 Å². The Balaban J connectivity index is 1.35. The number of pyridine rings is 1. The Morgan fingerprint density at radius 3 is 2.50 bits per heavy atom. The summed E-state index contributed by atoms with van der Waals surface area (Å²) in [7, 11) is 0. The first-order chi connectivity index (χ1) is 14.7. The number of rotatable bonds is 3. The van der Waals surface area contributed by atoms with Gasteiger partial charge in [0.05, 0.1) is 12.2 Å². The number of nitrogens with one attached hydrogen (secondary N) is 1. The quantitative estimate of drug-likeness (QED) is 0.715. The number of fused-ring (bicyclic) bond motifs is 3. The molecule has 2 aromatic carbocycles. The first-order valence-electron chi connectivity index (χ1n) is 10.1. The predicted molar refractivity (Wildman–Crippen MR) is 112 cm³/mol. The van der Waals surface area contributed by atoms with Gasteiger partial charge < -0.3 is 10.1 Å². The lowest BCUT2D eigenvalue weighted by Gasteiger charge is -2.35. The number of nitrogens with zero attached hydrogens (tertiary/aromatic N) is 2. The zero-order chi connectivity index (χ0) is 20.5. The molecule has 1 unspecified atom stereocenters. The Labute approximate surface area is 174 Å². The number of carbonyl (C=O) groups is 1. The highest BCUT2D eigenvalue weighted by Crippen LogP contribution is 2.44. The number of hydrogen-bond donors (Lipinski definition) is 1. The van der Waals surface area contributed by atoms with Gasteiger partial charge in [0.2, 0.25) is 0 Å². The number of benzene rings is 2. The van der Waals surface area contributed by atoms with Crippen molar-refractivity contribution in [1.29, 1.82) is 0 Å². The van der Waals surface area contributed by atoms with Gasteiger partial charge in [-0.05, 0) is 33.9 Å². The maximum Gasteiger partial charge on any atom is 0.410 e. The summed E-state index contributed by atoms with van der Waals surface area (Å²) >= 11 is 0. The van der Waals surface area contributed by atoms with Crippen LogP contribution in [0.4, 0.5) is 9.18 Å². The van der Waals surface area contributed by atoms with E-state index in [2.05, 4.69) is 34.6 Å². The maximum atomic E-state index is 13.7. The Hall–Kier alpha value is -3.25. The van der Waals surface area contributed by atoms with E-state index >= 15 is 0 Å². The van der Waals surface area contributed by atoms with Gasteiger partial charge >= 0.3 is 6.09 Å². The molecule has 0 bridgehead atoms. The Morgan fingerprint density at radius 1 is 1.10 bits per heavy atom. The minimum atomic E-state index is -0.412. The molecule has 1 aliphatic carbocycles. The van der Waals surface area contributed by atoms with E-state index in [1.807, 2.05) is 24.3 Å². The molecule has 1 aromatic heterocycles. The second-order valence-electron chi connectivity index (χ2n) is 7.65. The summed E-state index contributed by atoms with van der Waals surface area (Å²) in [6.07, 6.45) is 2.38. The predicted octanol–water partition coefficient (Wildman–Crippen LogP) is 4.12. The molecule has 1 N–H and O–H groups in total. The van der Waals surface area contributed by atoms with Crippen LogP contribution in [0.25, 0.3) is 11.1 Å². The van der Waals surface area contributed by atoms with Gasteiger partial charge in [-0.3, -0.25) is 9.88 Å². The highest BCUT2D eigenvalue weighted by atomic mass is 19.1. The normalized spacial score (nSPS) is 18.0. The third-order valence-electron chi connectivity index (χ3n) is 5.92. The van der Waals surface area contributed by atoms with Gasteiger partial charge in [0.15, 0.2) is 0 Å². The highest BCUT2D eigenvalue weighted by molar-refractivity contribution is 5.79. The van der Waals surface area contributed by atoms with Crippen molar-refractivity contribution in [3.05, 3.63) is 89.5 Å². The van der Waals surface area contributed by atoms with E-state index in [9.17, 15) is 9.18 Å². The van der Waals surface area contributed by atoms with Crippen LogP contribution in [0, 0.1) is 5.82 Å². The average Bonchev–Trinajstić information content (AvgIpc) is 3.11. The van der Waals surface area contributed by atoms with Gasteiger partial charge in [0, 0.05) is 31.7 Å². The molecule has 30 heavy (non-hydrogen) atoms. The van der Waals surface area contributed by atoms with Crippen LogP contribution in [0.1, 0.15) is 28.7 Å². The van der Waals surface area contributed by atoms with Crippen LogP contribution in [0.3, 0.4) is 0 Å². The second kappa shape index (κ2) is 7.88. The number of halogens is 1. The number of aromatic nitrogens is 1. The van der Waals surface area contributed by atoms with Crippen LogP contribution < -0.4 is 5.32 Å². The summed E-state index contributed by atoms with van der Waals surface area (Å²) in [6.45, 7) is 1.97. The van der Waals surface area contributed by atoms with Crippen LogP contribution in [-0.2, 0) is 4.74 Å². The SMILES string of the molecule is O=C(OCC1c2ccccc2-c2ccccc21)N1CCNCC1c1cncc(F)c1. The lowest BCUT2D eigenvalue weighted by Crippen LogP contribution is -2.49. The van der Waals surface area contributed by atoms with Crippen molar-refractivity contribution in [2.24, 2.45) is 0 Å². The molecule has 0 spiro atoms. The molecule has 0 radical (unpaired) electrons. The van der Waals surface area contributed by atoms with Gasteiger partial charge in [-0.2, -0.15) is 0 Å². The second-order valence-corrected chi connectivity index (χ2v) is 7.65. The summed E-state index contributed by atoms with van der Waals surface area (Å²) in [4.78, 5) is 18.6. The van der Waals surface area contributed by atoms with Gasteiger partial charge in [-0.25, -0.2) is 9.18 Å². The fourth-order valence-electron chi connectivity index (χ4n) is 4.51.